The quantitative estimate of drug-likeness (QED) is 0.885. The molecule has 0 aromatic carbocycles. The van der Waals surface area contributed by atoms with Gasteiger partial charge in [-0.3, -0.25) is 0 Å². The molecule has 1 saturated carbocycles. The zero-order chi connectivity index (χ0) is 12.5. The molecule has 1 aliphatic rings. The van der Waals surface area contributed by atoms with Gasteiger partial charge in [0.15, 0.2) is 0 Å². The minimum atomic E-state index is -4.48. The fourth-order valence-corrected chi connectivity index (χ4v) is 1.82. The molecule has 1 aromatic heterocycles. The first-order valence-corrected chi connectivity index (χ1v) is 5.60. The molecule has 94 valence electrons. The summed E-state index contributed by atoms with van der Waals surface area (Å²) in [7, 11) is 0. The average molecular weight is 245 g/mol. The van der Waals surface area contributed by atoms with Gasteiger partial charge in [-0.15, -0.1) is 0 Å². The number of rotatable bonds is 4. The highest BCUT2D eigenvalue weighted by Crippen LogP contribution is 2.38. The molecule has 17 heavy (non-hydrogen) atoms. The van der Waals surface area contributed by atoms with Crippen LogP contribution in [-0.4, -0.2) is 16.5 Å². The first-order valence-electron chi connectivity index (χ1n) is 5.60. The molecule has 1 heterocycles. The highest BCUT2D eigenvalue weighted by molar-refractivity contribution is 5.13. The van der Waals surface area contributed by atoms with Crippen LogP contribution in [0.25, 0.3) is 0 Å². The Bertz CT molecular complexity index is 371. The van der Waals surface area contributed by atoms with Crippen molar-refractivity contribution < 1.29 is 13.2 Å². The number of hydrogen-bond acceptors (Lipinski definition) is 3. The van der Waals surface area contributed by atoms with Crippen molar-refractivity contribution in [3.05, 3.63) is 23.8 Å². The Kier molecular flexibility index (Phi) is 3.33. The molecule has 0 saturated heterocycles. The van der Waals surface area contributed by atoms with Crippen LogP contribution >= 0.6 is 0 Å². The molecule has 2 N–H and O–H groups in total. The molecule has 0 spiro atoms. The topological polar surface area (TPSA) is 51.8 Å². The number of alkyl halides is 3. The van der Waals surface area contributed by atoms with Crippen molar-refractivity contribution in [2.24, 2.45) is 11.7 Å². The van der Waals surface area contributed by atoms with Gasteiger partial charge < -0.3 is 5.73 Å². The third-order valence-electron chi connectivity index (χ3n) is 3.00. The van der Waals surface area contributed by atoms with Crippen molar-refractivity contribution in [1.29, 1.82) is 0 Å². The van der Waals surface area contributed by atoms with Gasteiger partial charge in [0.05, 0.1) is 0 Å². The molecule has 1 fully saturated rings. The molecule has 0 radical (unpaired) electrons. The van der Waals surface area contributed by atoms with Crippen molar-refractivity contribution in [2.45, 2.75) is 31.4 Å². The Labute approximate surface area is 97.3 Å². The first-order chi connectivity index (χ1) is 8.00. The lowest BCUT2D eigenvalue weighted by Crippen LogP contribution is -2.16. The van der Waals surface area contributed by atoms with E-state index in [-0.39, 0.29) is 5.92 Å². The van der Waals surface area contributed by atoms with E-state index in [0.29, 0.717) is 18.0 Å². The fraction of sp³-hybridized carbons (Fsp3) is 0.636. The normalized spacial score (nSPS) is 18.1. The van der Waals surface area contributed by atoms with E-state index >= 15 is 0 Å². The van der Waals surface area contributed by atoms with Crippen molar-refractivity contribution in [3.8, 4) is 0 Å². The van der Waals surface area contributed by atoms with Crippen LogP contribution in [0.15, 0.2) is 12.4 Å². The summed E-state index contributed by atoms with van der Waals surface area (Å²) in [6.45, 7) is 0.422. The Morgan fingerprint density at radius 1 is 1.29 bits per heavy atom. The second kappa shape index (κ2) is 4.60. The summed E-state index contributed by atoms with van der Waals surface area (Å²) in [5, 5.41) is 0. The number of nitrogens with two attached hydrogens (primary N) is 1. The van der Waals surface area contributed by atoms with Gasteiger partial charge in [-0.25, -0.2) is 9.97 Å². The van der Waals surface area contributed by atoms with Crippen LogP contribution in [0.2, 0.25) is 0 Å². The van der Waals surface area contributed by atoms with Gasteiger partial charge in [-0.05, 0) is 30.4 Å². The summed E-state index contributed by atoms with van der Waals surface area (Å²) in [5.74, 6) is -0.348. The fourth-order valence-electron chi connectivity index (χ4n) is 1.82. The van der Waals surface area contributed by atoms with E-state index in [1.807, 2.05) is 0 Å². The predicted octanol–water partition coefficient (Wildman–Crippen LogP) is 2.34. The monoisotopic (exact) mass is 245 g/mol. The SMILES string of the molecule is NC[C@@H](CC1CC1)c1cnc(C(F)(F)F)nc1. The standard InChI is InChI=1S/C11H14F3N3/c12-11(13,14)10-16-5-9(6-17-10)8(4-15)3-7-1-2-7/h5-8H,1-4,15H2/t8-/m1/s1. The van der Waals surface area contributed by atoms with Gasteiger partial charge in [-0.2, -0.15) is 13.2 Å². The number of nitrogens with zero attached hydrogens (tertiary/aromatic N) is 2. The van der Waals surface area contributed by atoms with Crippen molar-refractivity contribution in [2.75, 3.05) is 6.54 Å². The van der Waals surface area contributed by atoms with Crippen molar-refractivity contribution >= 4 is 0 Å². The van der Waals surface area contributed by atoms with Crippen LogP contribution in [0, 0.1) is 5.92 Å². The van der Waals surface area contributed by atoms with E-state index in [1.165, 1.54) is 25.2 Å². The van der Waals surface area contributed by atoms with Gasteiger partial charge in [0, 0.05) is 12.4 Å². The van der Waals surface area contributed by atoms with E-state index in [0.717, 1.165) is 6.42 Å². The molecular formula is C11H14F3N3. The largest absolute Gasteiger partial charge is 0.451 e. The lowest BCUT2D eigenvalue weighted by atomic mass is 9.96. The van der Waals surface area contributed by atoms with Gasteiger partial charge >= 0.3 is 6.18 Å². The maximum Gasteiger partial charge on any atom is 0.451 e. The third-order valence-corrected chi connectivity index (χ3v) is 3.00. The van der Waals surface area contributed by atoms with Gasteiger partial charge in [0.2, 0.25) is 5.82 Å². The summed E-state index contributed by atoms with van der Waals surface area (Å²) >= 11 is 0. The molecule has 0 amide bonds. The Balaban J connectivity index is 2.09. The van der Waals surface area contributed by atoms with Crippen LogP contribution in [0.5, 0.6) is 0 Å². The number of hydrogen-bond donors (Lipinski definition) is 1. The maximum atomic E-state index is 12.3. The zero-order valence-corrected chi connectivity index (χ0v) is 9.24. The molecule has 1 aliphatic carbocycles. The third kappa shape index (κ3) is 3.15. The van der Waals surface area contributed by atoms with E-state index in [1.54, 1.807) is 0 Å². The molecular weight excluding hydrogens is 231 g/mol. The zero-order valence-electron chi connectivity index (χ0n) is 9.24. The molecule has 0 unspecified atom stereocenters. The van der Waals surface area contributed by atoms with Crippen LogP contribution in [0.1, 0.15) is 36.6 Å². The lowest BCUT2D eigenvalue weighted by molar-refractivity contribution is -0.145. The van der Waals surface area contributed by atoms with E-state index in [4.69, 9.17) is 5.73 Å². The number of aromatic nitrogens is 2. The minimum Gasteiger partial charge on any atom is -0.330 e. The molecule has 0 aliphatic heterocycles. The molecule has 2 rings (SSSR count). The van der Waals surface area contributed by atoms with Gasteiger partial charge in [0.25, 0.3) is 0 Å². The van der Waals surface area contributed by atoms with Crippen LogP contribution in [0.3, 0.4) is 0 Å². The maximum absolute atomic E-state index is 12.3. The summed E-state index contributed by atoms with van der Waals surface area (Å²) in [6.07, 6.45) is 1.32. The smallest absolute Gasteiger partial charge is 0.330 e. The molecule has 0 bridgehead atoms. The molecule has 1 atom stereocenters. The minimum absolute atomic E-state index is 0.0739. The molecule has 3 nitrogen and oxygen atoms in total. The first kappa shape index (κ1) is 12.3. The predicted molar refractivity (Wildman–Crippen MR) is 56.2 cm³/mol. The summed E-state index contributed by atoms with van der Waals surface area (Å²) in [5.41, 5.74) is 6.33. The highest BCUT2D eigenvalue weighted by Gasteiger charge is 2.34. The second-order valence-corrected chi connectivity index (χ2v) is 4.45. The average Bonchev–Trinajstić information content (AvgIpc) is 3.09. The Morgan fingerprint density at radius 2 is 1.88 bits per heavy atom. The highest BCUT2D eigenvalue weighted by atomic mass is 19.4. The lowest BCUT2D eigenvalue weighted by Gasteiger charge is -2.14. The van der Waals surface area contributed by atoms with Crippen molar-refractivity contribution in [1.82, 2.24) is 9.97 Å². The van der Waals surface area contributed by atoms with Gasteiger partial charge in [0.1, 0.15) is 0 Å². The van der Waals surface area contributed by atoms with Crippen LogP contribution in [-0.2, 0) is 6.18 Å². The summed E-state index contributed by atoms with van der Waals surface area (Å²) < 4.78 is 36.8. The van der Waals surface area contributed by atoms with Gasteiger partial charge in [-0.1, -0.05) is 12.8 Å². The van der Waals surface area contributed by atoms with E-state index in [9.17, 15) is 13.2 Å². The van der Waals surface area contributed by atoms with Crippen molar-refractivity contribution in [3.63, 3.8) is 0 Å². The number of halogens is 3. The summed E-state index contributed by atoms with van der Waals surface area (Å²) in [4.78, 5) is 6.71. The Hall–Kier alpha value is -1.17. The van der Waals surface area contributed by atoms with E-state index < -0.39 is 12.0 Å². The van der Waals surface area contributed by atoms with Crippen LogP contribution < -0.4 is 5.73 Å². The van der Waals surface area contributed by atoms with Crippen LogP contribution in [0.4, 0.5) is 13.2 Å². The van der Waals surface area contributed by atoms with E-state index in [2.05, 4.69) is 9.97 Å². The summed E-state index contributed by atoms with van der Waals surface area (Å²) in [6, 6.07) is 0. The molecule has 6 heteroatoms. The second-order valence-electron chi connectivity index (χ2n) is 4.45. The Morgan fingerprint density at radius 3 is 2.29 bits per heavy atom. The molecule has 1 aromatic rings.